The summed E-state index contributed by atoms with van der Waals surface area (Å²) in [6.45, 7) is 5.52. The molecule has 1 aromatic rings. The zero-order valence-electron chi connectivity index (χ0n) is 13.8. The Kier molecular flexibility index (Phi) is 2.99. The first kappa shape index (κ1) is 14.3. The molecule has 4 aliphatic carbocycles. The fraction of sp³-hybridized carbons (Fsp3) is 0.650. The first-order chi connectivity index (χ1) is 10.4. The normalized spacial score (nSPS) is 42.4. The van der Waals surface area contributed by atoms with Gasteiger partial charge < -0.3 is 5.32 Å². The van der Waals surface area contributed by atoms with Crippen molar-refractivity contribution in [3.63, 3.8) is 0 Å². The Bertz CT molecular complexity index is 575. The molecule has 2 nitrogen and oxygen atoms in total. The van der Waals surface area contributed by atoms with Crippen LogP contribution < -0.4 is 5.32 Å². The SMILES string of the molecule is CC12CC3CC(C)(C1)CC(C(=O)NCc1ccccc1)(C3)C2. The Hall–Kier alpha value is -1.31. The molecular formula is C20H27NO. The first-order valence-corrected chi connectivity index (χ1v) is 8.73. The van der Waals surface area contributed by atoms with E-state index in [0.717, 1.165) is 25.2 Å². The Labute approximate surface area is 133 Å². The molecule has 0 aromatic heterocycles. The second-order valence-corrected chi connectivity index (χ2v) is 9.08. The monoisotopic (exact) mass is 297 g/mol. The van der Waals surface area contributed by atoms with Gasteiger partial charge in [0.25, 0.3) is 0 Å². The minimum atomic E-state index is -0.0856. The number of amides is 1. The topological polar surface area (TPSA) is 29.1 Å². The van der Waals surface area contributed by atoms with E-state index in [1.54, 1.807) is 0 Å². The van der Waals surface area contributed by atoms with Crippen LogP contribution in [-0.2, 0) is 11.3 Å². The molecule has 2 unspecified atom stereocenters. The Morgan fingerprint density at radius 2 is 1.68 bits per heavy atom. The fourth-order valence-electron chi connectivity index (χ4n) is 6.67. The van der Waals surface area contributed by atoms with E-state index in [4.69, 9.17) is 0 Å². The molecular weight excluding hydrogens is 270 g/mol. The maximum atomic E-state index is 13.0. The van der Waals surface area contributed by atoms with Crippen LogP contribution in [0.5, 0.6) is 0 Å². The molecule has 5 rings (SSSR count). The van der Waals surface area contributed by atoms with E-state index in [9.17, 15) is 4.79 Å². The van der Waals surface area contributed by atoms with E-state index in [-0.39, 0.29) is 5.41 Å². The largest absolute Gasteiger partial charge is 0.352 e. The number of hydrogen-bond donors (Lipinski definition) is 1. The summed E-state index contributed by atoms with van der Waals surface area (Å²) in [7, 11) is 0. The van der Waals surface area contributed by atoms with Crippen molar-refractivity contribution >= 4 is 5.91 Å². The summed E-state index contributed by atoms with van der Waals surface area (Å²) in [6, 6.07) is 10.3. The highest BCUT2D eigenvalue weighted by atomic mass is 16.2. The number of carbonyl (C=O) groups excluding carboxylic acids is 1. The third kappa shape index (κ3) is 2.28. The van der Waals surface area contributed by atoms with Crippen LogP contribution in [-0.4, -0.2) is 5.91 Å². The molecule has 4 bridgehead atoms. The molecule has 22 heavy (non-hydrogen) atoms. The van der Waals surface area contributed by atoms with Crippen LogP contribution >= 0.6 is 0 Å². The van der Waals surface area contributed by atoms with E-state index in [2.05, 4.69) is 31.3 Å². The summed E-state index contributed by atoms with van der Waals surface area (Å²) in [5.74, 6) is 1.09. The van der Waals surface area contributed by atoms with Gasteiger partial charge in [0.2, 0.25) is 5.91 Å². The van der Waals surface area contributed by atoms with Gasteiger partial charge >= 0.3 is 0 Å². The molecule has 4 saturated carbocycles. The number of benzene rings is 1. The third-order valence-corrected chi connectivity index (χ3v) is 6.40. The van der Waals surface area contributed by atoms with Crippen LogP contribution in [0, 0.1) is 22.2 Å². The van der Waals surface area contributed by atoms with Crippen LogP contribution in [0.1, 0.15) is 57.9 Å². The van der Waals surface area contributed by atoms with Gasteiger partial charge in [0.15, 0.2) is 0 Å². The minimum Gasteiger partial charge on any atom is -0.352 e. The summed E-state index contributed by atoms with van der Waals surface area (Å²) < 4.78 is 0. The van der Waals surface area contributed by atoms with Crippen LogP contribution in [0.3, 0.4) is 0 Å². The molecule has 2 heteroatoms. The van der Waals surface area contributed by atoms with Gasteiger partial charge in [-0.3, -0.25) is 4.79 Å². The molecule has 0 saturated heterocycles. The van der Waals surface area contributed by atoms with Crippen LogP contribution in [0.15, 0.2) is 30.3 Å². The fourth-order valence-corrected chi connectivity index (χ4v) is 6.67. The third-order valence-electron chi connectivity index (χ3n) is 6.40. The average molecular weight is 297 g/mol. The maximum absolute atomic E-state index is 13.0. The molecule has 4 fully saturated rings. The van der Waals surface area contributed by atoms with Crippen molar-refractivity contribution in [2.75, 3.05) is 0 Å². The van der Waals surface area contributed by atoms with Crippen LogP contribution in [0.4, 0.5) is 0 Å². The van der Waals surface area contributed by atoms with Crippen molar-refractivity contribution in [2.45, 2.75) is 58.9 Å². The summed E-state index contributed by atoms with van der Waals surface area (Å²) in [6.07, 6.45) is 7.34. The highest BCUT2D eigenvalue weighted by Crippen LogP contribution is 2.69. The zero-order valence-corrected chi connectivity index (χ0v) is 13.8. The summed E-state index contributed by atoms with van der Waals surface area (Å²) >= 11 is 0. The number of nitrogens with one attached hydrogen (secondary N) is 1. The molecule has 2 atom stereocenters. The van der Waals surface area contributed by atoms with E-state index < -0.39 is 0 Å². The van der Waals surface area contributed by atoms with E-state index in [1.807, 2.05) is 18.2 Å². The Balaban J connectivity index is 1.53. The molecule has 1 N–H and O–H groups in total. The lowest BCUT2D eigenvalue weighted by Gasteiger charge is -2.64. The second-order valence-electron chi connectivity index (χ2n) is 9.08. The van der Waals surface area contributed by atoms with E-state index in [1.165, 1.54) is 24.8 Å². The molecule has 1 aromatic carbocycles. The Morgan fingerprint density at radius 1 is 1.05 bits per heavy atom. The van der Waals surface area contributed by atoms with Crippen molar-refractivity contribution < 1.29 is 4.79 Å². The van der Waals surface area contributed by atoms with Crippen molar-refractivity contribution in [3.05, 3.63) is 35.9 Å². The van der Waals surface area contributed by atoms with Gasteiger partial charge in [0, 0.05) is 6.54 Å². The van der Waals surface area contributed by atoms with Crippen molar-refractivity contribution in [1.29, 1.82) is 0 Å². The average Bonchev–Trinajstić information content (AvgIpc) is 2.42. The van der Waals surface area contributed by atoms with Crippen molar-refractivity contribution in [2.24, 2.45) is 22.2 Å². The number of rotatable bonds is 3. The molecule has 118 valence electrons. The predicted molar refractivity (Wildman–Crippen MR) is 88.1 cm³/mol. The Morgan fingerprint density at radius 3 is 2.27 bits per heavy atom. The van der Waals surface area contributed by atoms with Gasteiger partial charge in [-0.2, -0.15) is 0 Å². The second kappa shape index (κ2) is 4.59. The van der Waals surface area contributed by atoms with Crippen LogP contribution in [0.2, 0.25) is 0 Å². The standard InChI is InChI=1S/C20H27NO/c1-18-8-16-9-19(2,12-18)14-20(10-16,13-18)17(22)21-11-15-6-4-3-5-7-15/h3-7,16H,8-14H2,1-2H3,(H,21,22). The molecule has 0 heterocycles. The molecule has 4 aliphatic rings. The smallest absolute Gasteiger partial charge is 0.226 e. The quantitative estimate of drug-likeness (QED) is 0.885. The lowest BCUT2D eigenvalue weighted by Crippen LogP contribution is -2.59. The summed E-state index contributed by atoms with van der Waals surface area (Å²) in [4.78, 5) is 13.0. The van der Waals surface area contributed by atoms with Crippen molar-refractivity contribution in [1.82, 2.24) is 5.32 Å². The molecule has 0 radical (unpaired) electrons. The highest BCUT2D eigenvalue weighted by molar-refractivity contribution is 5.83. The van der Waals surface area contributed by atoms with Gasteiger partial charge in [0.1, 0.15) is 0 Å². The predicted octanol–water partition coefficient (Wildman–Crippen LogP) is 4.30. The highest BCUT2D eigenvalue weighted by Gasteiger charge is 2.62. The number of carbonyl (C=O) groups is 1. The summed E-state index contributed by atoms with van der Waals surface area (Å²) in [5, 5.41) is 3.25. The lowest BCUT2D eigenvalue weighted by atomic mass is 9.40. The maximum Gasteiger partial charge on any atom is 0.226 e. The molecule has 1 amide bonds. The van der Waals surface area contributed by atoms with Gasteiger partial charge in [0.05, 0.1) is 5.41 Å². The van der Waals surface area contributed by atoms with Crippen molar-refractivity contribution in [3.8, 4) is 0 Å². The molecule has 0 aliphatic heterocycles. The van der Waals surface area contributed by atoms with Gasteiger partial charge in [-0.15, -0.1) is 0 Å². The zero-order chi connectivity index (χ0) is 15.4. The van der Waals surface area contributed by atoms with E-state index in [0.29, 0.717) is 23.3 Å². The van der Waals surface area contributed by atoms with Gasteiger partial charge in [-0.25, -0.2) is 0 Å². The first-order valence-electron chi connectivity index (χ1n) is 8.73. The van der Waals surface area contributed by atoms with Gasteiger partial charge in [-0.05, 0) is 60.8 Å². The van der Waals surface area contributed by atoms with Crippen LogP contribution in [0.25, 0.3) is 0 Å². The van der Waals surface area contributed by atoms with Gasteiger partial charge in [-0.1, -0.05) is 44.2 Å². The lowest BCUT2D eigenvalue weighted by molar-refractivity contribution is -0.170. The molecule has 0 spiro atoms. The number of hydrogen-bond acceptors (Lipinski definition) is 1. The van der Waals surface area contributed by atoms with E-state index >= 15 is 0 Å². The minimum absolute atomic E-state index is 0.0856. The summed E-state index contributed by atoms with van der Waals surface area (Å²) in [5.41, 5.74) is 1.91.